The van der Waals surface area contributed by atoms with Gasteiger partial charge in [0.1, 0.15) is 0 Å². The van der Waals surface area contributed by atoms with Gasteiger partial charge in [0.05, 0.1) is 0 Å². The zero-order chi connectivity index (χ0) is 5.11. The van der Waals surface area contributed by atoms with Gasteiger partial charge in [-0.25, -0.2) is 0 Å². The van der Waals surface area contributed by atoms with Gasteiger partial charge in [-0.3, -0.25) is 0 Å². The molecule has 1 nitrogen and oxygen atoms in total. The van der Waals surface area contributed by atoms with Gasteiger partial charge in [-0.2, -0.15) is 0 Å². The molecule has 7 heavy (non-hydrogen) atoms. The van der Waals surface area contributed by atoms with Crippen molar-refractivity contribution in [1.29, 1.82) is 0 Å². The monoisotopic (exact) mass is 98.1 g/mol. The van der Waals surface area contributed by atoms with Crippen molar-refractivity contribution in [3.05, 3.63) is 6.42 Å². The lowest BCUT2D eigenvalue weighted by molar-refractivity contribution is 0.310. The van der Waals surface area contributed by atoms with Crippen LogP contribution in [0.5, 0.6) is 0 Å². The van der Waals surface area contributed by atoms with Crippen LogP contribution in [0.15, 0.2) is 0 Å². The van der Waals surface area contributed by atoms with Crippen LogP contribution in [0.4, 0.5) is 0 Å². The summed E-state index contributed by atoms with van der Waals surface area (Å²) in [6.07, 6.45) is 4.94. The Morgan fingerprint density at radius 3 is 2.14 bits per heavy atom. The fraction of sp³-hybridized carbons (Fsp3) is 0.833. The molecule has 0 bridgehead atoms. The number of likely N-dealkylation sites (tertiary alicyclic amines) is 1. The molecule has 0 spiro atoms. The van der Waals surface area contributed by atoms with E-state index >= 15 is 0 Å². The molecular weight excluding hydrogens is 86.1 g/mol. The molecule has 0 N–H and O–H groups in total. The summed E-state index contributed by atoms with van der Waals surface area (Å²) in [5.41, 5.74) is 0. The van der Waals surface area contributed by atoms with Gasteiger partial charge < -0.3 is 4.90 Å². The second-order valence-corrected chi connectivity index (χ2v) is 2.17. The van der Waals surface area contributed by atoms with Crippen molar-refractivity contribution in [3.63, 3.8) is 0 Å². The fourth-order valence-corrected chi connectivity index (χ4v) is 0.879. The summed E-state index contributed by atoms with van der Waals surface area (Å²) < 4.78 is 0. The molecule has 0 aromatic rings. The summed E-state index contributed by atoms with van der Waals surface area (Å²) in [4.78, 5) is 2.36. The van der Waals surface area contributed by atoms with Crippen molar-refractivity contribution in [3.8, 4) is 0 Å². The number of hydrogen-bond acceptors (Lipinski definition) is 1. The number of rotatable bonds is 0. The van der Waals surface area contributed by atoms with Crippen LogP contribution in [0.25, 0.3) is 0 Å². The highest BCUT2D eigenvalue weighted by atomic mass is 15.1. The van der Waals surface area contributed by atoms with Gasteiger partial charge in [0.25, 0.3) is 0 Å². The Labute approximate surface area is 45.3 Å². The number of nitrogens with zero attached hydrogens (tertiary/aromatic N) is 1. The van der Waals surface area contributed by atoms with E-state index in [0.29, 0.717) is 0 Å². The first-order chi connectivity index (χ1) is 3.39. The highest BCUT2D eigenvalue weighted by Crippen LogP contribution is 2.03. The van der Waals surface area contributed by atoms with Crippen molar-refractivity contribution in [2.24, 2.45) is 0 Å². The molecule has 0 amide bonds. The van der Waals surface area contributed by atoms with Crippen LogP contribution in [-0.4, -0.2) is 25.0 Å². The van der Waals surface area contributed by atoms with E-state index in [1.807, 2.05) is 0 Å². The quantitative estimate of drug-likeness (QED) is 0.435. The molecule has 0 saturated carbocycles. The van der Waals surface area contributed by atoms with Crippen molar-refractivity contribution in [2.75, 3.05) is 20.1 Å². The minimum Gasteiger partial charge on any atom is -0.306 e. The lowest BCUT2D eigenvalue weighted by Gasteiger charge is -2.20. The predicted molar refractivity (Wildman–Crippen MR) is 31.0 cm³/mol. The summed E-state index contributed by atoms with van der Waals surface area (Å²) in [7, 11) is 2.17. The molecule has 1 heterocycles. The molecule has 0 atom stereocenters. The van der Waals surface area contributed by atoms with E-state index in [1.54, 1.807) is 0 Å². The Hall–Kier alpha value is -0.0400. The molecule has 1 saturated heterocycles. The molecule has 1 fully saturated rings. The van der Waals surface area contributed by atoms with Crippen LogP contribution in [-0.2, 0) is 0 Å². The molecule has 1 radical (unpaired) electrons. The molecule has 41 valence electrons. The maximum atomic E-state index is 2.36. The summed E-state index contributed by atoms with van der Waals surface area (Å²) in [6, 6.07) is 0. The van der Waals surface area contributed by atoms with E-state index in [9.17, 15) is 0 Å². The van der Waals surface area contributed by atoms with E-state index in [2.05, 4.69) is 18.4 Å². The third-order valence-electron chi connectivity index (χ3n) is 1.43. The van der Waals surface area contributed by atoms with Crippen molar-refractivity contribution < 1.29 is 0 Å². The van der Waals surface area contributed by atoms with E-state index in [1.165, 1.54) is 25.9 Å². The molecule has 0 aromatic carbocycles. The maximum absolute atomic E-state index is 2.36. The second kappa shape index (κ2) is 2.31. The highest BCUT2D eigenvalue weighted by molar-refractivity contribution is 4.73. The molecule has 0 aromatic heterocycles. The first kappa shape index (κ1) is 5.10. The molecule has 1 rings (SSSR count). The van der Waals surface area contributed by atoms with Gasteiger partial charge in [0, 0.05) is 0 Å². The largest absolute Gasteiger partial charge is 0.306 e. The molecule has 1 heteroatoms. The van der Waals surface area contributed by atoms with Gasteiger partial charge in [-0.15, -0.1) is 0 Å². The van der Waals surface area contributed by atoms with Crippen molar-refractivity contribution in [1.82, 2.24) is 4.90 Å². The first-order valence-electron chi connectivity index (χ1n) is 2.90. The Kier molecular flexibility index (Phi) is 1.69. The van der Waals surface area contributed by atoms with Crippen LogP contribution in [0.2, 0.25) is 0 Å². The van der Waals surface area contributed by atoms with Crippen LogP contribution in [0, 0.1) is 6.42 Å². The van der Waals surface area contributed by atoms with Gasteiger partial charge >= 0.3 is 0 Å². The number of piperidine rings is 1. The van der Waals surface area contributed by atoms with Gasteiger partial charge in [-0.05, 0) is 39.4 Å². The molecular formula is C6H12N. The number of hydrogen-bond donors (Lipinski definition) is 0. The Bertz CT molecular complexity index is 46.1. The Balaban J connectivity index is 2.12. The van der Waals surface area contributed by atoms with E-state index in [4.69, 9.17) is 0 Å². The van der Waals surface area contributed by atoms with E-state index < -0.39 is 0 Å². The second-order valence-electron chi connectivity index (χ2n) is 2.17. The molecule has 0 unspecified atom stereocenters. The van der Waals surface area contributed by atoms with Crippen LogP contribution in [0.1, 0.15) is 12.8 Å². The topological polar surface area (TPSA) is 3.24 Å². The van der Waals surface area contributed by atoms with Crippen LogP contribution >= 0.6 is 0 Å². The average molecular weight is 98.2 g/mol. The first-order valence-corrected chi connectivity index (χ1v) is 2.90. The zero-order valence-corrected chi connectivity index (χ0v) is 4.85. The van der Waals surface area contributed by atoms with Gasteiger partial charge in [0.2, 0.25) is 0 Å². The summed E-state index contributed by atoms with van der Waals surface area (Å²) >= 11 is 0. The lowest BCUT2D eigenvalue weighted by atomic mass is 10.1. The van der Waals surface area contributed by atoms with Gasteiger partial charge in [0.15, 0.2) is 0 Å². The van der Waals surface area contributed by atoms with Crippen LogP contribution in [0.3, 0.4) is 0 Å². The minimum atomic E-state index is 1.26. The SMILES string of the molecule is CN1CC[CH]CC1. The lowest BCUT2D eigenvalue weighted by Crippen LogP contribution is -2.25. The predicted octanol–water partition coefficient (Wildman–Crippen LogP) is 0.916. The highest BCUT2D eigenvalue weighted by Gasteiger charge is 2.02. The maximum Gasteiger partial charge on any atom is -0.00190 e. The standard InChI is InChI=1S/C6H12N/c1-7-5-3-2-4-6-7/h2H,3-6H2,1H3. The summed E-state index contributed by atoms with van der Waals surface area (Å²) in [5, 5.41) is 0. The minimum absolute atomic E-state index is 1.26. The van der Waals surface area contributed by atoms with E-state index in [0.717, 1.165) is 0 Å². The zero-order valence-electron chi connectivity index (χ0n) is 4.85. The van der Waals surface area contributed by atoms with E-state index in [-0.39, 0.29) is 0 Å². The molecule has 1 aliphatic heterocycles. The smallest absolute Gasteiger partial charge is 0.00190 e. The van der Waals surface area contributed by atoms with Crippen molar-refractivity contribution in [2.45, 2.75) is 12.8 Å². The van der Waals surface area contributed by atoms with Gasteiger partial charge in [-0.1, -0.05) is 0 Å². The van der Waals surface area contributed by atoms with Crippen LogP contribution < -0.4 is 0 Å². The Morgan fingerprint density at radius 2 is 1.86 bits per heavy atom. The average Bonchev–Trinajstić information content (AvgIpc) is 1.69. The molecule has 0 aliphatic carbocycles. The normalized spacial score (nSPS) is 25.3. The van der Waals surface area contributed by atoms with Crippen molar-refractivity contribution >= 4 is 0 Å². The fourth-order valence-electron chi connectivity index (χ4n) is 0.879. The summed E-state index contributed by atoms with van der Waals surface area (Å²) in [5.74, 6) is 0. The third kappa shape index (κ3) is 1.48. The Morgan fingerprint density at radius 1 is 1.29 bits per heavy atom. The molecule has 1 aliphatic rings. The third-order valence-corrected chi connectivity index (χ3v) is 1.43. The summed E-state index contributed by atoms with van der Waals surface area (Å²) in [6.45, 7) is 2.53.